The Hall–Kier alpha value is -3.10. The molecule has 3 N–H and O–H groups in total. The van der Waals surface area contributed by atoms with Crippen LogP contribution >= 0.6 is 23.2 Å². The standard InChI is InChI=1S/C22H20Cl2N4O4/c1-22(13-5-8-16(23)17(24)10-13)20(31)28(21(32)27-22)11-18(29)25-15-4-2-3-12(9-15)19(30)26-14-6-7-14/h2-5,8-10,14H,6-7,11H2,1H3,(H,25,29)(H,26,30)(H,27,32). The van der Waals surface area contributed by atoms with E-state index in [0.717, 1.165) is 17.7 Å². The van der Waals surface area contributed by atoms with Gasteiger partial charge < -0.3 is 16.0 Å². The van der Waals surface area contributed by atoms with Crippen molar-refractivity contribution in [2.75, 3.05) is 11.9 Å². The van der Waals surface area contributed by atoms with E-state index in [1.807, 2.05) is 0 Å². The van der Waals surface area contributed by atoms with Crippen LogP contribution in [0.1, 0.15) is 35.7 Å². The largest absolute Gasteiger partial charge is 0.349 e. The summed E-state index contributed by atoms with van der Waals surface area (Å²) in [6, 6.07) is 10.6. The molecule has 1 saturated carbocycles. The topological polar surface area (TPSA) is 108 Å². The van der Waals surface area contributed by atoms with E-state index < -0.39 is 29.9 Å². The van der Waals surface area contributed by atoms with Gasteiger partial charge in [-0.3, -0.25) is 19.3 Å². The fourth-order valence-electron chi connectivity index (χ4n) is 3.42. The molecule has 1 aliphatic carbocycles. The Kier molecular flexibility index (Phi) is 5.83. The highest BCUT2D eigenvalue weighted by Crippen LogP contribution is 2.33. The Bertz CT molecular complexity index is 1130. The molecule has 0 radical (unpaired) electrons. The van der Waals surface area contributed by atoms with Crippen molar-refractivity contribution in [1.29, 1.82) is 0 Å². The zero-order valence-electron chi connectivity index (χ0n) is 17.1. The SMILES string of the molecule is CC1(c2ccc(Cl)c(Cl)c2)NC(=O)N(CC(=O)Nc2cccc(C(=O)NC3CC3)c2)C1=O. The summed E-state index contributed by atoms with van der Waals surface area (Å²) in [5, 5.41) is 8.68. The van der Waals surface area contributed by atoms with Crippen LogP contribution in [0.5, 0.6) is 0 Å². The van der Waals surface area contributed by atoms with Crippen LogP contribution in [0.3, 0.4) is 0 Å². The molecule has 2 aliphatic rings. The lowest BCUT2D eigenvalue weighted by molar-refractivity contribution is -0.133. The third kappa shape index (κ3) is 4.42. The minimum Gasteiger partial charge on any atom is -0.349 e. The molecular formula is C22H20Cl2N4O4. The lowest BCUT2D eigenvalue weighted by atomic mass is 9.92. The van der Waals surface area contributed by atoms with Crippen molar-refractivity contribution < 1.29 is 19.2 Å². The number of urea groups is 1. The van der Waals surface area contributed by atoms with Crippen LogP contribution in [-0.4, -0.2) is 41.2 Å². The molecule has 1 saturated heterocycles. The highest BCUT2D eigenvalue weighted by molar-refractivity contribution is 6.42. The summed E-state index contributed by atoms with van der Waals surface area (Å²) in [7, 11) is 0. The van der Waals surface area contributed by atoms with Crippen molar-refractivity contribution in [3.05, 3.63) is 63.6 Å². The van der Waals surface area contributed by atoms with E-state index in [9.17, 15) is 19.2 Å². The third-order valence-corrected chi connectivity index (χ3v) is 6.13. The molecule has 1 aliphatic heterocycles. The number of carbonyl (C=O) groups excluding carboxylic acids is 4. The van der Waals surface area contributed by atoms with Crippen LogP contribution in [-0.2, 0) is 15.1 Å². The van der Waals surface area contributed by atoms with Crippen molar-refractivity contribution in [2.24, 2.45) is 0 Å². The molecule has 0 spiro atoms. The molecule has 32 heavy (non-hydrogen) atoms. The fraction of sp³-hybridized carbons (Fsp3) is 0.273. The molecule has 2 fully saturated rings. The first-order valence-corrected chi connectivity index (χ1v) is 10.7. The van der Waals surface area contributed by atoms with Gasteiger partial charge in [0.15, 0.2) is 0 Å². The summed E-state index contributed by atoms with van der Waals surface area (Å²) in [4.78, 5) is 51.1. The molecule has 2 aromatic carbocycles. The van der Waals surface area contributed by atoms with Crippen molar-refractivity contribution >= 4 is 52.6 Å². The van der Waals surface area contributed by atoms with Gasteiger partial charge in [-0.2, -0.15) is 0 Å². The van der Waals surface area contributed by atoms with Crippen molar-refractivity contribution in [3.8, 4) is 0 Å². The quantitative estimate of drug-likeness (QED) is 0.558. The maximum Gasteiger partial charge on any atom is 0.325 e. The molecule has 2 aromatic rings. The van der Waals surface area contributed by atoms with Crippen LogP contribution < -0.4 is 16.0 Å². The van der Waals surface area contributed by atoms with Gasteiger partial charge in [0.2, 0.25) is 5.91 Å². The summed E-state index contributed by atoms with van der Waals surface area (Å²) in [5.41, 5.74) is -0.135. The molecule has 5 amide bonds. The molecule has 4 rings (SSSR count). The smallest absolute Gasteiger partial charge is 0.325 e. The van der Waals surface area contributed by atoms with Gasteiger partial charge in [-0.05, 0) is 55.7 Å². The van der Waals surface area contributed by atoms with Crippen LogP contribution in [0.25, 0.3) is 0 Å². The van der Waals surface area contributed by atoms with Crippen molar-refractivity contribution in [3.63, 3.8) is 0 Å². The lowest BCUT2D eigenvalue weighted by Crippen LogP contribution is -2.42. The van der Waals surface area contributed by atoms with Crippen LogP contribution in [0.15, 0.2) is 42.5 Å². The molecule has 0 bridgehead atoms. The van der Waals surface area contributed by atoms with Gasteiger partial charge in [-0.1, -0.05) is 35.3 Å². The molecule has 0 aromatic heterocycles. The number of nitrogens with zero attached hydrogens (tertiary/aromatic N) is 1. The van der Waals surface area contributed by atoms with Gasteiger partial charge >= 0.3 is 6.03 Å². The molecular weight excluding hydrogens is 455 g/mol. The summed E-state index contributed by atoms with van der Waals surface area (Å²) < 4.78 is 0. The predicted octanol–water partition coefficient (Wildman–Crippen LogP) is 3.29. The molecule has 1 unspecified atom stereocenters. The number of benzene rings is 2. The second-order valence-electron chi connectivity index (χ2n) is 7.95. The van der Waals surface area contributed by atoms with E-state index in [1.165, 1.54) is 19.1 Å². The number of imide groups is 1. The fourth-order valence-corrected chi connectivity index (χ4v) is 3.72. The van der Waals surface area contributed by atoms with Gasteiger partial charge in [0.1, 0.15) is 12.1 Å². The summed E-state index contributed by atoms with van der Waals surface area (Å²) >= 11 is 12.0. The zero-order valence-corrected chi connectivity index (χ0v) is 18.6. The van der Waals surface area contributed by atoms with Gasteiger partial charge in [0.25, 0.3) is 11.8 Å². The van der Waals surface area contributed by atoms with E-state index in [2.05, 4.69) is 16.0 Å². The van der Waals surface area contributed by atoms with Crippen LogP contribution in [0.4, 0.5) is 10.5 Å². The average molecular weight is 475 g/mol. The van der Waals surface area contributed by atoms with Crippen LogP contribution in [0, 0.1) is 0 Å². The number of carbonyl (C=O) groups is 4. The Morgan fingerprint density at radius 1 is 1.12 bits per heavy atom. The number of anilines is 1. The highest BCUT2D eigenvalue weighted by atomic mass is 35.5. The maximum atomic E-state index is 13.0. The maximum absolute atomic E-state index is 13.0. The van der Waals surface area contributed by atoms with Gasteiger partial charge in [-0.25, -0.2) is 4.79 Å². The minimum atomic E-state index is -1.38. The Morgan fingerprint density at radius 3 is 2.56 bits per heavy atom. The number of amides is 5. The second-order valence-corrected chi connectivity index (χ2v) is 8.77. The molecule has 10 heteroatoms. The Morgan fingerprint density at radius 2 is 1.88 bits per heavy atom. The summed E-state index contributed by atoms with van der Waals surface area (Å²) in [5.74, 6) is -1.38. The van der Waals surface area contributed by atoms with Gasteiger partial charge in [-0.15, -0.1) is 0 Å². The zero-order chi connectivity index (χ0) is 23.0. The van der Waals surface area contributed by atoms with E-state index in [-0.39, 0.29) is 17.0 Å². The number of halogens is 2. The number of hydrogen-bond acceptors (Lipinski definition) is 4. The van der Waals surface area contributed by atoms with E-state index in [4.69, 9.17) is 23.2 Å². The predicted molar refractivity (Wildman–Crippen MR) is 120 cm³/mol. The van der Waals surface area contributed by atoms with Crippen molar-refractivity contribution in [1.82, 2.24) is 15.5 Å². The third-order valence-electron chi connectivity index (χ3n) is 5.39. The number of hydrogen-bond donors (Lipinski definition) is 3. The minimum absolute atomic E-state index is 0.213. The van der Waals surface area contributed by atoms with Gasteiger partial charge in [0.05, 0.1) is 10.0 Å². The molecule has 8 nitrogen and oxygen atoms in total. The number of nitrogens with one attached hydrogen (secondary N) is 3. The molecule has 166 valence electrons. The monoisotopic (exact) mass is 474 g/mol. The number of rotatable bonds is 6. The first-order valence-electron chi connectivity index (χ1n) is 9.98. The summed E-state index contributed by atoms with van der Waals surface area (Å²) in [6.07, 6.45) is 1.93. The normalized spacial score (nSPS) is 20.2. The summed E-state index contributed by atoms with van der Waals surface area (Å²) in [6.45, 7) is 1.05. The average Bonchev–Trinajstić information content (AvgIpc) is 3.53. The Labute approximate surface area is 194 Å². The van der Waals surface area contributed by atoms with E-state index in [0.29, 0.717) is 21.8 Å². The first-order chi connectivity index (χ1) is 15.2. The van der Waals surface area contributed by atoms with E-state index >= 15 is 0 Å². The first kappa shape index (κ1) is 22.1. The lowest BCUT2D eigenvalue weighted by Gasteiger charge is -2.22. The van der Waals surface area contributed by atoms with E-state index in [1.54, 1.807) is 30.3 Å². The Balaban J connectivity index is 1.44. The molecule has 1 heterocycles. The molecule has 1 atom stereocenters. The highest BCUT2D eigenvalue weighted by Gasteiger charge is 2.49. The van der Waals surface area contributed by atoms with Crippen LogP contribution in [0.2, 0.25) is 10.0 Å². The van der Waals surface area contributed by atoms with Gasteiger partial charge in [0, 0.05) is 17.3 Å². The second kappa shape index (κ2) is 8.44. The van der Waals surface area contributed by atoms with Crippen molar-refractivity contribution in [2.45, 2.75) is 31.3 Å².